The van der Waals surface area contributed by atoms with Crippen molar-refractivity contribution in [1.82, 2.24) is 23.9 Å². The number of nitrogen functional groups attached to an aromatic ring is 1. The molecule has 0 spiro atoms. The number of anilines is 2. The average Bonchev–Trinajstić information content (AvgIpc) is 3.61. The van der Waals surface area contributed by atoms with E-state index < -0.39 is 17.3 Å². The van der Waals surface area contributed by atoms with Crippen LogP contribution in [0.5, 0.6) is 0 Å². The van der Waals surface area contributed by atoms with Gasteiger partial charge in [0.1, 0.15) is 35.3 Å². The maximum atomic E-state index is 15.9. The molecule has 7 rings (SSSR count). The summed E-state index contributed by atoms with van der Waals surface area (Å²) >= 11 is 0. The first-order valence-electron chi connectivity index (χ1n) is 16.1. The van der Waals surface area contributed by atoms with Crippen molar-refractivity contribution in [2.75, 3.05) is 17.7 Å². The molecule has 12 nitrogen and oxygen atoms in total. The molecule has 4 heterocycles. The van der Waals surface area contributed by atoms with Crippen LogP contribution in [0.15, 0.2) is 65.8 Å². The summed E-state index contributed by atoms with van der Waals surface area (Å²) in [6.45, 7) is 4.55. The Bertz CT molecular complexity index is 2080. The average molecular weight is 654 g/mol. The zero-order valence-corrected chi connectivity index (χ0v) is 26.7. The molecule has 0 radical (unpaired) electrons. The predicted molar refractivity (Wildman–Crippen MR) is 177 cm³/mol. The third kappa shape index (κ3) is 5.63. The summed E-state index contributed by atoms with van der Waals surface area (Å²) in [5.74, 6) is -1.41. The molecule has 5 aromatic rings. The lowest BCUT2D eigenvalue weighted by molar-refractivity contribution is -0.154. The normalized spacial score (nSPS) is 17.8. The highest BCUT2D eigenvalue weighted by atomic mass is 19.1. The molecule has 0 saturated heterocycles. The van der Waals surface area contributed by atoms with Crippen molar-refractivity contribution >= 4 is 34.4 Å². The van der Waals surface area contributed by atoms with E-state index in [9.17, 15) is 14.4 Å². The van der Waals surface area contributed by atoms with Crippen molar-refractivity contribution in [3.05, 3.63) is 88.5 Å². The SMILES string of the molecule is CC(C)C(=O)OC1CCC(n2cc(-c3ccc(NC(=O)c4c5n(n(-c6ccccc6)c4=O)CCOC5)cc3F)c3c(N)ncnc32)CC1. The molecule has 3 aromatic heterocycles. The molecule has 2 aromatic carbocycles. The molecule has 1 amide bonds. The number of aromatic nitrogens is 5. The van der Waals surface area contributed by atoms with E-state index in [1.807, 2.05) is 42.8 Å². The van der Waals surface area contributed by atoms with Crippen molar-refractivity contribution in [3.63, 3.8) is 0 Å². The molecule has 248 valence electrons. The number of hydrogen-bond donors (Lipinski definition) is 2. The molecule has 3 N–H and O–H groups in total. The Balaban J connectivity index is 1.16. The Morgan fingerprint density at radius 3 is 2.56 bits per heavy atom. The summed E-state index contributed by atoms with van der Waals surface area (Å²) < 4.78 is 32.4. The molecular weight excluding hydrogens is 617 g/mol. The van der Waals surface area contributed by atoms with Gasteiger partial charge in [0.05, 0.1) is 42.4 Å². The minimum atomic E-state index is -0.653. The van der Waals surface area contributed by atoms with E-state index in [-0.39, 0.29) is 53.3 Å². The van der Waals surface area contributed by atoms with Crippen LogP contribution in [0.1, 0.15) is 61.6 Å². The van der Waals surface area contributed by atoms with E-state index in [0.717, 1.165) is 12.8 Å². The van der Waals surface area contributed by atoms with Crippen LogP contribution in [0, 0.1) is 11.7 Å². The number of ether oxygens (including phenoxy) is 2. The second-order valence-corrected chi connectivity index (χ2v) is 12.5. The summed E-state index contributed by atoms with van der Waals surface area (Å²) in [5, 5.41) is 3.24. The Hall–Kier alpha value is -5.30. The van der Waals surface area contributed by atoms with Crippen LogP contribution in [-0.4, -0.2) is 48.5 Å². The first-order valence-corrected chi connectivity index (χ1v) is 16.1. The summed E-state index contributed by atoms with van der Waals surface area (Å²) in [6, 6.07) is 13.5. The first-order chi connectivity index (χ1) is 23.2. The van der Waals surface area contributed by atoms with E-state index in [4.69, 9.17) is 15.2 Å². The van der Waals surface area contributed by atoms with Crippen LogP contribution in [0.25, 0.3) is 27.8 Å². The molecular formula is C35H36FN7O5. The van der Waals surface area contributed by atoms with Crippen LogP contribution >= 0.6 is 0 Å². The van der Waals surface area contributed by atoms with Gasteiger partial charge in [-0.2, -0.15) is 0 Å². The second-order valence-electron chi connectivity index (χ2n) is 12.5. The molecule has 0 unspecified atom stereocenters. The van der Waals surface area contributed by atoms with E-state index in [0.29, 0.717) is 54.0 Å². The van der Waals surface area contributed by atoms with Crippen LogP contribution < -0.4 is 16.6 Å². The van der Waals surface area contributed by atoms with E-state index in [1.165, 1.54) is 17.1 Å². The van der Waals surface area contributed by atoms with Crippen molar-refractivity contribution in [2.45, 2.75) is 64.8 Å². The molecule has 48 heavy (non-hydrogen) atoms. The number of nitrogens with two attached hydrogens (primary N) is 1. The molecule has 1 aliphatic heterocycles. The number of halogens is 1. The highest BCUT2D eigenvalue weighted by Crippen LogP contribution is 2.40. The van der Waals surface area contributed by atoms with Crippen LogP contribution in [0.2, 0.25) is 0 Å². The topological polar surface area (TPSA) is 148 Å². The Morgan fingerprint density at radius 1 is 1.06 bits per heavy atom. The molecule has 2 aliphatic rings. The number of hydrogen-bond acceptors (Lipinski definition) is 8. The number of fused-ring (bicyclic) bond motifs is 2. The fraction of sp³-hybridized carbons (Fsp3) is 0.343. The van der Waals surface area contributed by atoms with Crippen molar-refractivity contribution < 1.29 is 23.5 Å². The molecule has 1 fully saturated rings. The molecule has 13 heteroatoms. The van der Waals surface area contributed by atoms with Gasteiger partial charge in [0.15, 0.2) is 0 Å². The van der Waals surface area contributed by atoms with Crippen molar-refractivity contribution in [2.24, 2.45) is 5.92 Å². The number of para-hydroxylation sites is 1. The lowest BCUT2D eigenvalue weighted by Gasteiger charge is -2.30. The first kappa shape index (κ1) is 31.3. The van der Waals surface area contributed by atoms with Crippen LogP contribution in [0.4, 0.5) is 15.9 Å². The number of rotatable bonds is 7. The van der Waals surface area contributed by atoms with Gasteiger partial charge in [0, 0.05) is 29.1 Å². The molecule has 1 aliphatic carbocycles. The number of esters is 1. The lowest BCUT2D eigenvalue weighted by atomic mass is 9.92. The standard InChI is InChI=1S/C35H36FN7O5/c1-20(2)35(46)48-24-11-9-22(10-12-24)41-17-26(29-31(37)38-19-39-32(29)41)25-13-8-21(16-27(25)36)40-33(44)30-28-18-47-15-14-42(28)43(34(30)45)23-6-4-3-5-7-23/h3-8,13,16-17,19-20,22,24H,9-12,14-15,18H2,1-2H3,(H,40,44)(H2,37,38,39). The maximum Gasteiger partial charge on any atom is 0.308 e. The van der Waals surface area contributed by atoms with Gasteiger partial charge in [0.25, 0.3) is 11.5 Å². The quantitative estimate of drug-likeness (QED) is 0.227. The Morgan fingerprint density at radius 2 is 1.83 bits per heavy atom. The van der Waals surface area contributed by atoms with Gasteiger partial charge in [-0.3, -0.25) is 19.1 Å². The number of nitrogens with zero attached hydrogens (tertiary/aromatic N) is 5. The maximum absolute atomic E-state index is 15.9. The fourth-order valence-electron chi connectivity index (χ4n) is 6.68. The zero-order chi connectivity index (χ0) is 33.5. The van der Waals surface area contributed by atoms with Gasteiger partial charge < -0.3 is 25.1 Å². The third-order valence-electron chi connectivity index (χ3n) is 9.11. The Labute approximate surface area is 275 Å². The third-order valence-corrected chi connectivity index (χ3v) is 9.11. The van der Waals surface area contributed by atoms with Gasteiger partial charge in [-0.15, -0.1) is 0 Å². The summed E-state index contributed by atoms with van der Waals surface area (Å²) in [6.07, 6.45) is 6.00. The number of carbonyl (C=O) groups excluding carboxylic acids is 2. The van der Waals surface area contributed by atoms with Crippen LogP contribution in [-0.2, 0) is 27.4 Å². The van der Waals surface area contributed by atoms with Crippen molar-refractivity contribution in [3.8, 4) is 16.8 Å². The van der Waals surface area contributed by atoms with Gasteiger partial charge in [0.2, 0.25) is 0 Å². The number of benzene rings is 2. The molecule has 0 atom stereocenters. The van der Waals surface area contributed by atoms with E-state index in [1.54, 1.807) is 28.9 Å². The minimum absolute atomic E-state index is 0.0448. The largest absolute Gasteiger partial charge is 0.462 e. The number of carbonyl (C=O) groups is 2. The second kappa shape index (κ2) is 12.7. The molecule has 0 bridgehead atoms. The fourth-order valence-corrected chi connectivity index (χ4v) is 6.68. The molecule has 1 saturated carbocycles. The minimum Gasteiger partial charge on any atom is -0.462 e. The Kier molecular flexibility index (Phi) is 8.29. The monoisotopic (exact) mass is 653 g/mol. The highest BCUT2D eigenvalue weighted by Gasteiger charge is 2.30. The number of nitrogens with one attached hydrogen (secondary N) is 1. The number of amides is 1. The van der Waals surface area contributed by atoms with E-state index >= 15 is 4.39 Å². The van der Waals surface area contributed by atoms with E-state index in [2.05, 4.69) is 15.3 Å². The highest BCUT2D eigenvalue weighted by molar-refractivity contribution is 6.05. The lowest BCUT2D eigenvalue weighted by Crippen LogP contribution is -2.27. The summed E-state index contributed by atoms with van der Waals surface area (Å²) in [4.78, 5) is 47.9. The van der Waals surface area contributed by atoms with Gasteiger partial charge in [-0.1, -0.05) is 32.0 Å². The van der Waals surface area contributed by atoms with Gasteiger partial charge in [-0.25, -0.2) is 19.0 Å². The summed E-state index contributed by atoms with van der Waals surface area (Å²) in [5.41, 5.74) is 8.44. The zero-order valence-electron chi connectivity index (χ0n) is 26.7. The summed E-state index contributed by atoms with van der Waals surface area (Å²) in [7, 11) is 0. The smallest absolute Gasteiger partial charge is 0.308 e. The van der Waals surface area contributed by atoms with Crippen LogP contribution in [0.3, 0.4) is 0 Å². The van der Waals surface area contributed by atoms with Gasteiger partial charge in [-0.05, 0) is 56.0 Å². The van der Waals surface area contributed by atoms with Gasteiger partial charge >= 0.3 is 5.97 Å². The predicted octanol–water partition coefficient (Wildman–Crippen LogP) is 5.24. The van der Waals surface area contributed by atoms with Crippen molar-refractivity contribution in [1.29, 1.82) is 0 Å².